The second kappa shape index (κ2) is 6.53. The summed E-state index contributed by atoms with van der Waals surface area (Å²) in [5.74, 6) is 0. The molecule has 2 unspecified atom stereocenters. The van der Waals surface area contributed by atoms with E-state index >= 15 is 0 Å². The summed E-state index contributed by atoms with van der Waals surface area (Å²) in [5.41, 5.74) is 0.962. The zero-order valence-corrected chi connectivity index (χ0v) is 8.41. The van der Waals surface area contributed by atoms with Crippen molar-refractivity contribution in [1.29, 1.82) is 0 Å². The van der Waals surface area contributed by atoms with E-state index in [4.69, 9.17) is 14.9 Å². The molecule has 0 saturated heterocycles. The van der Waals surface area contributed by atoms with Gasteiger partial charge in [0.15, 0.2) is 6.29 Å². The minimum absolute atomic E-state index is 0.0650. The maximum absolute atomic E-state index is 9.43. The van der Waals surface area contributed by atoms with Crippen LogP contribution in [0.4, 0.5) is 0 Å². The summed E-state index contributed by atoms with van der Waals surface area (Å²) < 4.78 is 4.94. The molecule has 1 rings (SSSR count). The summed E-state index contributed by atoms with van der Waals surface area (Å²) in [6, 6.07) is 9.42. The summed E-state index contributed by atoms with van der Waals surface area (Å²) in [4.78, 5) is 0. The average molecular weight is 212 g/mol. The largest absolute Gasteiger partial charge is 0.394 e. The zero-order chi connectivity index (χ0) is 11.1. The maximum atomic E-state index is 9.43. The first-order chi connectivity index (χ1) is 7.22. The highest BCUT2D eigenvalue weighted by atomic mass is 16.6. The Morgan fingerprint density at radius 2 is 1.80 bits per heavy atom. The molecule has 0 bridgehead atoms. The Bertz CT molecular complexity index is 263. The van der Waals surface area contributed by atoms with E-state index in [2.05, 4.69) is 0 Å². The van der Waals surface area contributed by atoms with Crippen LogP contribution in [0, 0.1) is 0 Å². The van der Waals surface area contributed by atoms with Crippen molar-refractivity contribution in [3.63, 3.8) is 0 Å². The van der Waals surface area contributed by atoms with Crippen molar-refractivity contribution in [1.82, 2.24) is 0 Å². The van der Waals surface area contributed by atoms with Crippen molar-refractivity contribution < 1.29 is 20.1 Å². The fourth-order valence-electron chi connectivity index (χ4n) is 1.15. The fourth-order valence-corrected chi connectivity index (χ4v) is 1.15. The van der Waals surface area contributed by atoms with Gasteiger partial charge >= 0.3 is 0 Å². The molecule has 4 nitrogen and oxygen atoms in total. The molecule has 1 aromatic rings. The summed E-state index contributed by atoms with van der Waals surface area (Å²) in [5, 5.41) is 26.9. The molecule has 0 aromatic heterocycles. The van der Waals surface area contributed by atoms with Crippen molar-refractivity contribution in [3.05, 3.63) is 35.9 Å². The SMILES string of the molecule is OCC(O)COC(O)Cc1ccccc1. The quantitative estimate of drug-likeness (QED) is 0.577. The zero-order valence-electron chi connectivity index (χ0n) is 8.41. The molecule has 1 aromatic carbocycles. The molecule has 0 aliphatic rings. The van der Waals surface area contributed by atoms with Crippen LogP contribution in [-0.2, 0) is 11.2 Å². The van der Waals surface area contributed by atoms with Gasteiger partial charge in [-0.2, -0.15) is 0 Å². The third-order valence-corrected chi connectivity index (χ3v) is 1.94. The number of hydrogen-bond acceptors (Lipinski definition) is 4. The minimum atomic E-state index is -0.950. The van der Waals surface area contributed by atoms with Gasteiger partial charge < -0.3 is 20.1 Å². The molecule has 4 heteroatoms. The van der Waals surface area contributed by atoms with E-state index in [-0.39, 0.29) is 13.2 Å². The van der Waals surface area contributed by atoms with E-state index in [0.29, 0.717) is 6.42 Å². The van der Waals surface area contributed by atoms with E-state index in [9.17, 15) is 5.11 Å². The molecule has 2 atom stereocenters. The third-order valence-electron chi connectivity index (χ3n) is 1.94. The highest BCUT2D eigenvalue weighted by molar-refractivity contribution is 5.14. The molecule has 0 fully saturated rings. The smallest absolute Gasteiger partial charge is 0.158 e. The molecule has 0 spiro atoms. The Kier molecular flexibility index (Phi) is 5.28. The lowest BCUT2D eigenvalue weighted by Crippen LogP contribution is -2.25. The first-order valence-corrected chi connectivity index (χ1v) is 4.85. The van der Waals surface area contributed by atoms with Crippen molar-refractivity contribution in [2.24, 2.45) is 0 Å². The Morgan fingerprint density at radius 3 is 2.40 bits per heavy atom. The average Bonchev–Trinajstić information content (AvgIpc) is 2.27. The summed E-state index contributed by atoms with van der Waals surface area (Å²) in [7, 11) is 0. The molecule has 3 N–H and O–H groups in total. The highest BCUT2D eigenvalue weighted by Gasteiger charge is 2.08. The van der Waals surface area contributed by atoms with Crippen LogP contribution in [0.1, 0.15) is 5.56 Å². The summed E-state index contributed by atoms with van der Waals surface area (Å²) >= 11 is 0. The Hall–Kier alpha value is -0.940. The van der Waals surface area contributed by atoms with Gasteiger partial charge in [0.25, 0.3) is 0 Å². The predicted octanol–water partition coefficient (Wildman–Crippen LogP) is -0.0827. The highest BCUT2D eigenvalue weighted by Crippen LogP contribution is 2.04. The second-order valence-electron chi connectivity index (χ2n) is 3.31. The standard InChI is InChI=1S/C11H16O4/c12-7-10(13)8-15-11(14)6-9-4-2-1-3-5-9/h1-5,10-14H,6-8H2. The van der Waals surface area contributed by atoms with Crippen LogP contribution in [0.2, 0.25) is 0 Å². The lowest BCUT2D eigenvalue weighted by Gasteiger charge is -2.14. The third kappa shape index (κ3) is 4.90. The molecule has 0 amide bonds. The van der Waals surface area contributed by atoms with Gasteiger partial charge in [-0.25, -0.2) is 0 Å². The van der Waals surface area contributed by atoms with Gasteiger partial charge in [-0.05, 0) is 5.56 Å². The van der Waals surface area contributed by atoms with Crippen LogP contribution < -0.4 is 0 Å². The van der Waals surface area contributed by atoms with E-state index in [1.807, 2.05) is 30.3 Å². The lowest BCUT2D eigenvalue weighted by molar-refractivity contribution is -0.125. The lowest BCUT2D eigenvalue weighted by atomic mass is 10.1. The van der Waals surface area contributed by atoms with E-state index in [0.717, 1.165) is 5.56 Å². The molecule has 0 radical (unpaired) electrons. The van der Waals surface area contributed by atoms with Gasteiger partial charge in [0.2, 0.25) is 0 Å². The maximum Gasteiger partial charge on any atom is 0.158 e. The Morgan fingerprint density at radius 1 is 1.13 bits per heavy atom. The van der Waals surface area contributed by atoms with Gasteiger partial charge in [0.05, 0.1) is 13.2 Å². The number of aliphatic hydroxyl groups is 3. The first-order valence-electron chi connectivity index (χ1n) is 4.85. The molecule has 0 heterocycles. The molecule has 0 aliphatic carbocycles. The monoisotopic (exact) mass is 212 g/mol. The molecule has 0 aliphatic heterocycles. The fraction of sp³-hybridized carbons (Fsp3) is 0.455. The van der Waals surface area contributed by atoms with Crippen LogP contribution in [0.15, 0.2) is 30.3 Å². The van der Waals surface area contributed by atoms with Gasteiger partial charge in [0.1, 0.15) is 6.10 Å². The number of aliphatic hydroxyl groups excluding tert-OH is 3. The minimum Gasteiger partial charge on any atom is -0.394 e. The molecular weight excluding hydrogens is 196 g/mol. The van der Waals surface area contributed by atoms with Crippen LogP contribution in [0.5, 0.6) is 0 Å². The van der Waals surface area contributed by atoms with Crippen molar-refractivity contribution >= 4 is 0 Å². The first kappa shape index (κ1) is 12.1. The number of rotatable bonds is 6. The van der Waals surface area contributed by atoms with Crippen LogP contribution in [-0.4, -0.2) is 40.9 Å². The number of hydrogen-bond donors (Lipinski definition) is 3. The Labute approximate surface area is 88.8 Å². The van der Waals surface area contributed by atoms with Gasteiger partial charge in [-0.3, -0.25) is 0 Å². The van der Waals surface area contributed by atoms with Crippen molar-refractivity contribution in [2.75, 3.05) is 13.2 Å². The Balaban J connectivity index is 2.27. The second-order valence-corrected chi connectivity index (χ2v) is 3.31. The van der Waals surface area contributed by atoms with Crippen LogP contribution >= 0.6 is 0 Å². The predicted molar refractivity (Wildman–Crippen MR) is 55.2 cm³/mol. The number of ether oxygens (including phenoxy) is 1. The van der Waals surface area contributed by atoms with Gasteiger partial charge in [-0.15, -0.1) is 0 Å². The van der Waals surface area contributed by atoms with Crippen molar-refractivity contribution in [2.45, 2.75) is 18.8 Å². The van der Waals surface area contributed by atoms with Crippen molar-refractivity contribution in [3.8, 4) is 0 Å². The molecule has 0 saturated carbocycles. The van der Waals surface area contributed by atoms with E-state index in [1.165, 1.54) is 0 Å². The molecule has 15 heavy (non-hydrogen) atoms. The normalized spacial score (nSPS) is 14.9. The van der Waals surface area contributed by atoms with E-state index < -0.39 is 12.4 Å². The van der Waals surface area contributed by atoms with Gasteiger partial charge in [0, 0.05) is 6.42 Å². The molecular formula is C11H16O4. The molecule has 84 valence electrons. The summed E-state index contributed by atoms with van der Waals surface area (Å²) in [6.07, 6.45) is -1.51. The number of benzene rings is 1. The topological polar surface area (TPSA) is 69.9 Å². The van der Waals surface area contributed by atoms with Crippen LogP contribution in [0.25, 0.3) is 0 Å². The van der Waals surface area contributed by atoms with E-state index in [1.54, 1.807) is 0 Å². The summed E-state index contributed by atoms with van der Waals surface area (Å²) in [6.45, 7) is -0.428. The van der Waals surface area contributed by atoms with Gasteiger partial charge in [-0.1, -0.05) is 30.3 Å². The van der Waals surface area contributed by atoms with Crippen LogP contribution in [0.3, 0.4) is 0 Å².